The molecule has 0 bridgehead atoms. The van der Waals surface area contributed by atoms with E-state index in [1.807, 2.05) is 0 Å². The summed E-state index contributed by atoms with van der Waals surface area (Å²) in [5.74, 6) is 1.73. The maximum atomic E-state index is 11.0. The van der Waals surface area contributed by atoms with Crippen LogP contribution in [0.3, 0.4) is 0 Å². The van der Waals surface area contributed by atoms with Gasteiger partial charge in [-0.05, 0) is 55.2 Å². The van der Waals surface area contributed by atoms with E-state index < -0.39 is 0 Å². The van der Waals surface area contributed by atoms with E-state index in [4.69, 9.17) is 4.74 Å². The molecule has 2 aromatic rings. The van der Waals surface area contributed by atoms with E-state index in [1.54, 1.807) is 0 Å². The zero-order valence-electron chi connectivity index (χ0n) is 14.0. The fourth-order valence-electron chi connectivity index (χ4n) is 3.94. The van der Waals surface area contributed by atoms with Crippen molar-refractivity contribution < 1.29 is 9.53 Å². The van der Waals surface area contributed by atoms with E-state index in [9.17, 15) is 4.79 Å². The SMILES string of the molecule is O=C[C@@H]1CC1c1cccc2c1C[C@@H](CCCCc1ccccc1)O2. The first-order chi connectivity index (χ1) is 11.8. The second-order valence-corrected chi connectivity index (χ2v) is 7.14. The molecule has 1 aliphatic carbocycles. The predicted octanol–water partition coefficient (Wildman–Crippen LogP) is 4.71. The van der Waals surface area contributed by atoms with Gasteiger partial charge in [0.05, 0.1) is 0 Å². The van der Waals surface area contributed by atoms with Crippen LogP contribution in [-0.2, 0) is 17.6 Å². The average Bonchev–Trinajstić information content (AvgIpc) is 3.29. The molecule has 1 heterocycles. The second kappa shape index (κ2) is 6.80. The number of fused-ring (bicyclic) bond motifs is 1. The Labute approximate surface area is 143 Å². The number of hydrogen-bond acceptors (Lipinski definition) is 2. The number of ether oxygens (including phenoxy) is 1. The Morgan fingerprint density at radius 1 is 1.04 bits per heavy atom. The first-order valence-electron chi connectivity index (χ1n) is 9.13. The number of unbranched alkanes of at least 4 members (excludes halogenated alkanes) is 1. The molecule has 2 aromatic carbocycles. The summed E-state index contributed by atoms with van der Waals surface area (Å²) in [5.41, 5.74) is 4.14. The van der Waals surface area contributed by atoms with Crippen LogP contribution in [0.2, 0.25) is 0 Å². The highest BCUT2D eigenvalue weighted by Gasteiger charge is 2.41. The van der Waals surface area contributed by atoms with Gasteiger partial charge in [-0.25, -0.2) is 0 Å². The second-order valence-electron chi connectivity index (χ2n) is 7.14. The van der Waals surface area contributed by atoms with Gasteiger partial charge < -0.3 is 9.53 Å². The van der Waals surface area contributed by atoms with Gasteiger partial charge in [-0.1, -0.05) is 42.5 Å². The van der Waals surface area contributed by atoms with Gasteiger partial charge in [-0.3, -0.25) is 0 Å². The molecule has 1 unspecified atom stereocenters. The van der Waals surface area contributed by atoms with Crippen molar-refractivity contribution in [1.29, 1.82) is 0 Å². The van der Waals surface area contributed by atoms with Crippen LogP contribution in [0.15, 0.2) is 48.5 Å². The highest BCUT2D eigenvalue weighted by atomic mass is 16.5. The normalized spacial score (nSPS) is 24.2. The number of carbonyl (C=O) groups excluding carboxylic acids is 1. The van der Waals surface area contributed by atoms with Crippen molar-refractivity contribution in [3.63, 3.8) is 0 Å². The summed E-state index contributed by atoms with van der Waals surface area (Å²) in [7, 11) is 0. The quantitative estimate of drug-likeness (QED) is 0.546. The fraction of sp³-hybridized carbons (Fsp3) is 0.409. The number of aldehydes is 1. The van der Waals surface area contributed by atoms with Crippen LogP contribution in [-0.4, -0.2) is 12.4 Å². The molecular formula is C22H24O2. The van der Waals surface area contributed by atoms with Crippen molar-refractivity contribution in [3.8, 4) is 5.75 Å². The van der Waals surface area contributed by atoms with Gasteiger partial charge in [0.25, 0.3) is 0 Å². The molecule has 0 spiro atoms. The van der Waals surface area contributed by atoms with Gasteiger partial charge in [0.2, 0.25) is 0 Å². The van der Waals surface area contributed by atoms with E-state index in [2.05, 4.69) is 48.5 Å². The lowest BCUT2D eigenvalue weighted by atomic mass is 9.97. The predicted molar refractivity (Wildman–Crippen MR) is 95.5 cm³/mol. The van der Waals surface area contributed by atoms with E-state index in [-0.39, 0.29) is 5.92 Å². The molecule has 0 saturated heterocycles. The van der Waals surface area contributed by atoms with Crippen LogP contribution < -0.4 is 4.74 Å². The van der Waals surface area contributed by atoms with Gasteiger partial charge in [0, 0.05) is 17.9 Å². The molecule has 2 nitrogen and oxygen atoms in total. The number of hydrogen-bond donors (Lipinski definition) is 0. The Kier molecular flexibility index (Phi) is 4.38. The van der Waals surface area contributed by atoms with Gasteiger partial charge in [-0.15, -0.1) is 0 Å². The maximum Gasteiger partial charge on any atom is 0.123 e. The lowest BCUT2D eigenvalue weighted by molar-refractivity contribution is -0.108. The molecule has 2 aliphatic rings. The lowest BCUT2D eigenvalue weighted by Crippen LogP contribution is -2.12. The molecule has 1 saturated carbocycles. The van der Waals surface area contributed by atoms with Crippen molar-refractivity contribution in [3.05, 3.63) is 65.2 Å². The third-order valence-corrected chi connectivity index (χ3v) is 5.39. The van der Waals surface area contributed by atoms with Crippen LogP contribution in [0.25, 0.3) is 0 Å². The van der Waals surface area contributed by atoms with Crippen molar-refractivity contribution in [1.82, 2.24) is 0 Å². The van der Waals surface area contributed by atoms with Gasteiger partial charge in [-0.2, -0.15) is 0 Å². The first kappa shape index (κ1) is 15.4. The minimum Gasteiger partial charge on any atom is -0.490 e. The first-order valence-corrected chi connectivity index (χ1v) is 9.13. The lowest BCUT2D eigenvalue weighted by Gasteiger charge is -2.10. The van der Waals surface area contributed by atoms with Gasteiger partial charge in [0.15, 0.2) is 0 Å². The van der Waals surface area contributed by atoms with Crippen molar-refractivity contribution in [2.75, 3.05) is 0 Å². The number of aryl methyl sites for hydroxylation is 1. The highest BCUT2D eigenvalue weighted by molar-refractivity contribution is 5.63. The Morgan fingerprint density at radius 3 is 2.71 bits per heavy atom. The summed E-state index contributed by atoms with van der Waals surface area (Å²) in [5, 5.41) is 0. The molecule has 0 amide bonds. The zero-order chi connectivity index (χ0) is 16.4. The highest BCUT2D eigenvalue weighted by Crippen LogP contribution is 2.50. The monoisotopic (exact) mass is 320 g/mol. The molecule has 1 aliphatic heterocycles. The maximum absolute atomic E-state index is 11.0. The Balaban J connectivity index is 1.30. The average molecular weight is 320 g/mol. The van der Waals surface area contributed by atoms with Crippen LogP contribution in [0.4, 0.5) is 0 Å². The number of benzene rings is 2. The van der Waals surface area contributed by atoms with Crippen LogP contribution >= 0.6 is 0 Å². The van der Waals surface area contributed by atoms with E-state index in [0.29, 0.717) is 12.0 Å². The third-order valence-electron chi connectivity index (χ3n) is 5.39. The number of rotatable bonds is 7. The smallest absolute Gasteiger partial charge is 0.123 e. The fourth-order valence-corrected chi connectivity index (χ4v) is 3.94. The molecule has 4 rings (SSSR count). The van der Waals surface area contributed by atoms with Crippen LogP contribution in [0, 0.1) is 5.92 Å². The molecule has 2 heteroatoms. The summed E-state index contributed by atoms with van der Waals surface area (Å²) in [6, 6.07) is 17.0. The van der Waals surface area contributed by atoms with Gasteiger partial charge in [0.1, 0.15) is 18.1 Å². The van der Waals surface area contributed by atoms with Crippen LogP contribution in [0.5, 0.6) is 5.75 Å². The largest absolute Gasteiger partial charge is 0.490 e. The van der Waals surface area contributed by atoms with Crippen molar-refractivity contribution >= 4 is 6.29 Å². The summed E-state index contributed by atoms with van der Waals surface area (Å²) in [6.45, 7) is 0. The van der Waals surface area contributed by atoms with E-state index in [0.717, 1.165) is 37.7 Å². The third kappa shape index (κ3) is 3.24. The molecule has 24 heavy (non-hydrogen) atoms. The summed E-state index contributed by atoms with van der Waals surface area (Å²) >= 11 is 0. The van der Waals surface area contributed by atoms with E-state index >= 15 is 0 Å². The number of carbonyl (C=O) groups is 1. The Bertz CT molecular complexity index is 707. The standard InChI is InChI=1S/C22H24O2/c23-15-17-13-20(17)19-11-6-12-22-21(19)14-18(24-22)10-5-4-9-16-7-2-1-3-8-16/h1-3,6-8,11-12,15,17-18,20H,4-5,9-10,13-14H2/t17-,18+,20?/m0/s1. The molecule has 0 aromatic heterocycles. The minimum absolute atomic E-state index is 0.237. The van der Waals surface area contributed by atoms with Crippen molar-refractivity contribution in [2.45, 2.75) is 50.5 Å². The topological polar surface area (TPSA) is 26.3 Å². The molecule has 1 fully saturated rings. The zero-order valence-corrected chi connectivity index (χ0v) is 14.0. The summed E-state index contributed by atoms with van der Waals surface area (Å²) < 4.78 is 6.16. The molecule has 3 atom stereocenters. The molecule has 0 radical (unpaired) electrons. The van der Waals surface area contributed by atoms with Crippen molar-refractivity contribution in [2.24, 2.45) is 5.92 Å². The van der Waals surface area contributed by atoms with E-state index in [1.165, 1.54) is 29.5 Å². The Hall–Kier alpha value is -2.09. The van der Waals surface area contributed by atoms with Gasteiger partial charge >= 0.3 is 0 Å². The minimum atomic E-state index is 0.237. The summed E-state index contributed by atoms with van der Waals surface area (Å²) in [4.78, 5) is 11.0. The Morgan fingerprint density at radius 2 is 1.92 bits per heavy atom. The van der Waals surface area contributed by atoms with Crippen LogP contribution in [0.1, 0.15) is 48.3 Å². The molecule has 0 N–H and O–H groups in total. The molecule has 124 valence electrons. The summed E-state index contributed by atoms with van der Waals surface area (Å²) in [6.07, 6.45) is 8.12. The molecular weight excluding hydrogens is 296 g/mol.